The summed E-state index contributed by atoms with van der Waals surface area (Å²) in [6.45, 7) is 0. The van der Waals surface area contributed by atoms with Crippen molar-refractivity contribution in [3.05, 3.63) is 79.4 Å². The van der Waals surface area contributed by atoms with Crippen LogP contribution in [0.25, 0.3) is 33.2 Å². The van der Waals surface area contributed by atoms with Gasteiger partial charge in [-0.2, -0.15) is 0 Å². The zero-order valence-corrected chi connectivity index (χ0v) is 18.0. The summed E-state index contributed by atoms with van der Waals surface area (Å²) in [6, 6.07) is 19.5. The minimum absolute atomic E-state index is 0.679. The smallest absolute Gasteiger partial charge is 0.162 e. The topological polar surface area (TPSA) is 79.3 Å². The molecule has 0 saturated heterocycles. The minimum atomic E-state index is 0.679. The van der Waals surface area contributed by atoms with Crippen molar-refractivity contribution in [1.29, 1.82) is 0 Å². The number of methoxy groups -OCH3 is 3. The highest BCUT2D eigenvalue weighted by Gasteiger charge is 2.09. The maximum Gasteiger partial charge on any atom is 0.162 e. The molecule has 160 valence electrons. The Bertz CT molecular complexity index is 1300. The summed E-state index contributed by atoms with van der Waals surface area (Å²) >= 11 is 0. The predicted molar refractivity (Wildman–Crippen MR) is 124 cm³/mol. The lowest BCUT2D eigenvalue weighted by molar-refractivity contribution is 0.356. The summed E-state index contributed by atoms with van der Waals surface area (Å²) < 4.78 is 15.7. The molecule has 0 N–H and O–H groups in total. The molecule has 7 nitrogen and oxygen atoms in total. The van der Waals surface area contributed by atoms with Crippen LogP contribution < -0.4 is 14.2 Å². The van der Waals surface area contributed by atoms with Gasteiger partial charge in [-0.3, -0.25) is 0 Å². The van der Waals surface area contributed by atoms with E-state index in [-0.39, 0.29) is 0 Å². The molecule has 0 saturated carbocycles. The summed E-state index contributed by atoms with van der Waals surface area (Å²) in [4.78, 5) is 16.9. The fourth-order valence-electron chi connectivity index (χ4n) is 3.25. The zero-order valence-electron chi connectivity index (χ0n) is 18.0. The minimum Gasteiger partial charge on any atom is -0.494 e. The molecule has 0 aliphatic heterocycles. The Morgan fingerprint density at radius 3 is 2.16 bits per heavy atom. The van der Waals surface area contributed by atoms with Crippen LogP contribution in [-0.2, 0) is 0 Å². The van der Waals surface area contributed by atoms with E-state index in [1.807, 2.05) is 60.7 Å². The lowest BCUT2D eigenvalue weighted by Crippen LogP contribution is -1.93. The third-order valence-corrected chi connectivity index (χ3v) is 4.83. The summed E-state index contributed by atoms with van der Waals surface area (Å²) in [6.07, 6.45) is 5.00. The molecule has 0 spiro atoms. The van der Waals surface area contributed by atoms with Gasteiger partial charge in [-0.25, -0.2) is 19.9 Å². The van der Waals surface area contributed by atoms with E-state index in [1.54, 1.807) is 33.7 Å². The van der Waals surface area contributed by atoms with E-state index in [0.717, 1.165) is 38.9 Å². The Balaban J connectivity index is 0.000000158. The van der Waals surface area contributed by atoms with Gasteiger partial charge in [0.25, 0.3) is 0 Å². The first-order valence-corrected chi connectivity index (χ1v) is 9.90. The average Bonchev–Trinajstić information content (AvgIpc) is 2.87. The Morgan fingerprint density at radius 2 is 1.41 bits per heavy atom. The summed E-state index contributed by atoms with van der Waals surface area (Å²) in [5.74, 6) is 2.13. The van der Waals surface area contributed by atoms with Gasteiger partial charge in [-0.15, -0.1) is 0 Å². The van der Waals surface area contributed by atoms with Crippen LogP contribution >= 0.6 is 0 Å². The number of hydrogen-bond donors (Lipinski definition) is 0. The van der Waals surface area contributed by atoms with Gasteiger partial charge in [0, 0.05) is 34.8 Å². The van der Waals surface area contributed by atoms with Crippen LogP contribution in [0.4, 0.5) is 0 Å². The summed E-state index contributed by atoms with van der Waals surface area (Å²) in [7, 11) is 4.87. The van der Waals surface area contributed by atoms with Crippen LogP contribution in [0.15, 0.2) is 79.4 Å². The molecule has 0 aliphatic carbocycles. The van der Waals surface area contributed by atoms with Crippen LogP contribution in [-0.4, -0.2) is 41.3 Å². The van der Waals surface area contributed by atoms with Gasteiger partial charge in [-0.05, 0) is 24.3 Å². The highest BCUT2D eigenvalue weighted by Crippen LogP contribution is 2.31. The molecule has 0 atom stereocenters. The van der Waals surface area contributed by atoms with Gasteiger partial charge < -0.3 is 14.2 Å². The van der Waals surface area contributed by atoms with E-state index in [2.05, 4.69) is 19.9 Å². The largest absolute Gasteiger partial charge is 0.494 e. The van der Waals surface area contributed by atoms with E-state index in [4.69, 9.17) is 14.2 Å². The first-order chi connectivity index (χ1) is 15.7. The Labute approximate surface area is 185 Å². The van der Waals surface area contributed by atoms with Crippen LogP contribution in [0.1, 0.15) is 0 Å². The van der Waals surface area contributed by atoms with Gasteiger partial charge in [-0.1, -0.05) is 30.3 Å². The number of fused-ring (bicyclic) bond motifs is 2. The number of benzene rings is 2. The van der Waals surface area contributed by atoms with E-state index < -0.39 is 0 Å². The highest BCUT2D eigenvalue weighted by atomic mass is 16.5. The Kier molecular flexibility index (Phi) is 6.36. The van der Waals surface area contributed by atoms with Gasteiger partial charge in [0.1, 0.15) is 17.8 Å². The second-order valence-electron chi connectivity index (χ2n) is 6.74. The maximum atomic E-state index is 5.42. The molecule has 5 aromatic rings. The maximum absolute atomic E-state index is 5.42. The SMILES string of the molecule is COc1cc2cccnc2nc1-c1ccccc1.COc1cc2cncnc2cc1OC. The number of nitrogens with zero attached hydrogens (tertiary/aromatic N) is 4. The Morgan fingerprint density at radius 1 is 0.688 bits per heavy atom. The third kappa shape index (κ3) is 4.41. The molecule has 0 unspecified atom stereocenters. The molecule has 3 heterocycles. The van der Waals surface area contributed by atoms with E-state index in [1.165, 1.54) is 6.33 Å². The second kappa shape index (κ2) is 9.70. The van der Waals surface area contributed by atoms with Crippen LogP contribution in [0.5, 0.6) is 17.2 Å². The lowest BCUT2D eigenvalue weighted by atomic mass is 10.1. The van der Waals surface area contributed by atoms with Crippen molar-refractivity contribution < 1.29 is 14.2 Å². The van der Waals surface area contributed by atoms with Crippen molar-refractivity contribution in [3.8, 4) is 28.5 Å². The summed E-state index contributed by atoms with van der Waals surface area (Å²) in [5, 5.41) is 1.92. The van der Waals surface area contributed by atoms with Crippen molar-refractivity contribution in [3.63, 3.8) is 0 Å². The standard InChI is InChI=1S/C15H12N2O.C10H10N2O2/c1-18-13-10-12-8-5-9-16-15(12)17-14(13)11-6-3-2-4-7-11;1-13-9-3-7-5-11-6-12-8(7)4-10(9)14-2/h2-10H,1H3;3-6H,1-2H3. The molecule has 0 aliphatic rings. The van der Waals surface area contributed by atoms with E-state index in [0.29, 0.717) is 11.5 Å². The molecule has 0 bridgehead atoms. The van der Waals surface area contributed by atoms with Gasteiger partial charge in [0.05, 0.1) is 26.8 Å². The molecular formula is C25H22N4O3. The number of rotatable bonds is 4. The number of hydrogen-bond acceptors (Lipinski definition) is 7. The molecule has 3 aromatic heterocycles. The molecular weight excluding hydrogens is 404 g/mol. The number of ether oxygens (including phenoxy) is 3. The molecule has 32 heavy (non-hydrogen) atoms. The Hall–Kier alpha value is -4.26. The van der Waals surface area contributed by atoms with Crippen molar-refractivity contribution in [2.24, 2.45) is 0 Å². The first-order valence-electron chi connectivity index (χ1n) is 9.90. The van der Waals surface area contributed by atoms with Crippen LogP contribution in [0.3, 0.4) is 0 Å². The van der Waals surface area contributed by atoms with Crippen LogP contribution in [0.2, 0.25) is 0 Å². The van der Waals surface area contributed by atoms with E-state index >= 15 is 0 Å². The molecule has 0 fully saturated rings. The highest BCUT2D eigenvalue weighted by molar-refractivity contribution is 5.82. The molecule has 5 rings (SSSR count). The summed E-state index contributed by atoms with van der Waals surface area (Å²) in [5.41, 5.74) is 3.43. The zero-order chi connectivity index (χ0) is 22.3. The first kappa shape index (κ1) is 21.0. The van der Waals surface area contributed by atoms with E-state index in [9.17, 15) is 0 Å². The second-order valence-corrected chi connectivity index (χ2v) is 6.74. The molecule has 0 amide bonds. The van der Waals surface area contributed by atoms with Crippen molar-refractivity contribution in [2.75, 3.05) is 21.3 Å². The average molecular weight is 426 g/mol. The molecule has 2 aromatic carbocycles. The lowest BCUT2D eigenvalue weighted by Gasteiger charge is -2.08. The number of aromatic nitrogens is 4. The van der Waals surface area contributed by atoms with Gasteiger partial charge in [0.15, 0.2) is 17.1 Å². The van der Waals surface area contributed by atoms with Crippen molar-refractivity contribution in [1.82, 2.24) is 19.9 Å². The number of pyridine rings is 2. The van der Waals surface area contributed by atoms with Crippen molar-refractivity contribution in [2.45, 2.75) is 0 Å². The van der Waals surface area contributed by atoms with Crippen molar-refractivity contribution >= 4 is 21.9 Å². The molecule has 7 heteroatoms. The molecule has 0 radical (unpaired) electrons. The van der Waals surface area contributed by atoms with Crippen LogP contribution in [0, 0.1) is 0 Å². The third-order valence-electron chi connectivity index (χ3n) is 4.83. The fourth-order valence-corrected chi connectivity index (χ4v) is 3.25. The quantitative estimate of drug-likeness (QED) is 0.402. The fraction of sp³-hybridized carbons (Fsp3) is 0.120. The normalized spacial score (nSPS) is 10.3. The van der Waals surface area contributed by atoms with Gasteiger partial charge >= 0.3 is 0 Å². The predicted octanol–water partition coefficient (Wildman–Crippen LogP) is 4.95. The van der Waals surface area contributed by atoms with Gasteiger partial charge in [0.2, 0.25) is 0 Å². The monoisotopic (exact) mass is 426 g/mol.